The van der Waals surface area contributed by atoms with Gasteiger partial charge in [-0.25, -0.2) is 4.79 Å². The first-order valence-corrected chi connectivity index (χ1v) is 11.4. The van der Waals surface area contributed by atoms with E-state index in [4.69, 9.17) is 19.6 Å². The quantitative estimate of drug-likeness (QED) is 0.199. The highest BCUT2D eigenvalue weighted by Crippen LogP contribution is 2.29. The molecule has 1 aromatic heterocycles. The van der Waals surface area contributed by atoms with E-state index in [0.717, 1.165) is 17.7 Å². The largest absolute Gasteiger partial charge is 0.511 e. The van der Waals surface area contributed by atoms with Crippen molar-refractivity contribution in [2.45, 2.75) is 66.8 Å². The van der Waals surface area contributed by atoms with Crippen LogP contribution in [-0.2, 0) is 26.2 Å². The van der Waals surface area contributed by atoms with Gasteiger partial charge in [-0.3, -0.25) is 4.68 Å². The van der Waals surface area contributed by atoms with Crippen molar-refractivity contribution in [1.29, 1.82) is 5.41 Å². The maximum atomic E-state index is 11.9. The Morgan fingerprint density at radius 3 is 2.36 bits per heavy atom. The normalized spacial score (nSPS) is 12.4. The average Bonchev–Trinajstić information content (AvgIpc) is 3.13. The molecule has 0 unspecified atom stereocenters. The third-order valence-electron chi connectivity index (χ3n) is 5.18. The molecule has 0 fully saturated rings. The highest BCUT2D eigenvalue weighted by atomic mass is 16.8. The van der Waals surface area contributed by atoms with E-state index in [1.165, 1.54) is 11.8 Å². The molecule has 0 saturated heterocycles. The Kier molecular flexibility index (Phi) is 9.26. The van der Waals surface area contributed by atoms with Crippen LogP contribution < -0.4 is 0 Å². The Morgan fingerprint density at radius 2 is 1.82 bits per heavy atom. The number of carbonyl (C=O) groups excluding carboxylic acids is 1. The lowest BCUT2D eigenvalue weighted by Gasteiger charge is -2.20. The standard InChI is InChI=1S/C26H37N3O4/c1-8-29-23(15-19(4)28-29)24(32-17-33-25(30)31-14-13-18(2)3)22(16-27)20-9-11-21(12-10-20)26(5,6)7/h9-12,15-16,18,27H,8,13-14,17H2,1-7H3/b24-22-,27-16?. The molecule has 1 heterocycles. The lowest BCUT2D eigenvalue weighted by Crippen LogP contribution is -2.14. The Bertz CT molecular complexity index is 966. The molecule has 7 nitrogen and oxygen atoms in total. The number of aryl methyl sites for hydroxylation is 2. The van der Waals surface area contributed by atoms with Crippen molar-refractivity contribution < 1.29 is 19.0 Å². The lowest BCUT2D eigenvalue weighted by molar-refractivity contribution is -0.00691. The number of carbonyl (C=O) groups is 1. The summed E-state index contributed by atoms with van der Waals surface area (Å²) in [5.74, 6) is 0.854. The Balaban J connectivity index is 2.34. The van der Waals surface area contributed by atoms with Crippen molar-refractivity contribution in [2.75, 3.05) is 13.4 Å². The van der Waals surface area contributed by atoms with Crippen LogP contribution in [0.15, 0.2) is 30.3 Å². The highest BCUT2D eigenvalue weighted by molar-refractivity contribution is 6.16. The van der Waals surface area contributed by atoms with Crippen LogP contribution in [0.2, 0.25) is 0 Å². The molecule has 0 spiro atoms. The summed E-state index contributed by atoms with van der Waals surface area (Å²) in [7, 11) is 0. The lowest BCUT2D eigenvalue weighted by atomic mass is 9.86. The first kappa shape index (κ1) is 26.2. The number of rotatable bonds is 10. The number of allylic oxidation sites excluding steroid dienone is 1. The summed E-state index contributed by atoms with van der Waals surface area (Å²) < 4.78 is 18.0. The molecule has 0 radical (unpaired) electrons. The van der Waals surface area contributed by atoms with Gasteiger partial charge in [0.1, 0.15) is 5.69 Å². The van der Waals surface area contributed by atoms with Crippen LogP contribution in [0.25, 0.3) is 11.3 Å². The van der Waals surface area contributed by atoms with Gasteiger partial charge in [0.2, 0.25) is 6.79 Å². The molecule has 0 atom stereocenters. The maximum Gasteiger partial charge on any atom is 0.511 e. The van der Waals surface area contributed by atoms with Crippen molar-refractivity contribution in [3.8, 4) is 0 Å². The predicted octanol–water partition coefficient (Wildman–Crippen LogP) is 6.20. The monoisotopic (exact) mass is 455 g/mol. The van der Waals surface area contributed by atoms with Crippen LogP contribution in [0, 0.1) is 18.3 Å². The fourth-order valence-electron chi connectivity index (χ4n) is 3.24. The summed E-state index contributed by atoms with van der Waals surface area (Å²) in [5, 5.41) is 12.6. The number of aromatic nitrogens is 2. The second kappa shape index (κ2) is 11.7. The van der Waals surface area contributed by atoms with Gasteiger partial charge in [-0.15, -0.1) is 0 Å². The van der Waals surface area contributed by atoms with Gasteiger partial charge in [-0.2, -0.15) is 5.10 Å². The summed E-state index contributed by atoms with van der Waals surface area (Å²) >= 11 is 0. The minimum atomic E-state index is -0.777. The van der Waals surface area contributed by atoms with E-state index in [1.54, 1.807) is 4.68 Å². The van der Waals surface area contributed by atoms with Crippen molar-refractivity contribution in [1.82, 2.24) is 9.78 Å². The Labute approximate surface area is 197 Å². The fourth-order valence-corrected chi connectivity index (χ4v) is 3.24. The molecule has 1 aromatic carbocycles. The average molecular weight is 456 g/mol. The van der Waals surface area contributed by atoms with Crippen LogP contribution in [0.3, 0.4) is 0 Å². The van der Waals surface area contributed by atoms with Gasteiger partial charge >= 0.3 is 6.16 Å². The van der Waals surface area contributed by atoms with Gasteiger partial charge < -0.3 is 19.6 Å². The molecule has 0 aliphatic heterocycles. The van der Waals surface area contributed by atoms with Crippen molar-refractivity contribution in [2.24, 2.45) is 5.92 Å². The van der Waals surface area contributed by atoms with Gasteiger partial charge in [0, 0.05) is 18.3 Å². The molecule has 180 valence electrons. The minimum Gasteiger partial charge on any atom is -0.454 e. The summed E-state index contributed by atoms with van der Waals surface area (Å²) in [4.78, 5) is 11.9. The summed E-state index contributed by atoms with van der Waals surface area (Å²) in [5.41, 5.74) is 4.16. The van der Waals surface area contributed by atoms with Crippen molar-refractivity contribution >= 4 is 23.7 Å². The van der Waals surface area contributed by atoms with Crippen LogP contribution in [0.5, 0.6) is 0 Å². The topological polar surface area (TPSA) is 86.4 Å². The van der Waals surface area contributed by atoms with E-state index < -0.39 is 6.16 Å². The molecule has 2 aromatic rings. The zero-order valence-electron chi connectivity index (χ0n) is 20.9. The van der Waals surface area contributed by atoms with Crippen LogP contribution >= 0.6 is 0 Å². The van der Waals surface area contributed by atoms with E-state index in [-0.39, 0.29) is 12.2 Å². The Hall–Kier alpha value is -3.09. The molecule has 7 heteroatoms. The second-order valence-corrected chi connectivity index (χ2v) is 9.39. The van der Waals surface area contributed by atoms with Crippen LogP contribution in [-0.4, -0.2) is 35.6 Å². The maximum absolute atomic E-state index is 11.9. The third kappa shape index (κ3) is 7.48. The first-order chi connectivity index (χ1) is 15.6. The number of nitrogens with zero attached hydrogens (tertiary/aromatic N) is 2. The molecule has 33 heavy (non-hydrogen) atoms. The van der Waals surface area contributed by atoms with Crippen molar-refractivity contribution in [3.05, 3.63) is 52.8 Å². The van der Waals surface area contributed by atoms with Crippen LogP contribution in [0.1, 0.15) is 70.5 Å². The number of hydrogen-bond donors (Lipinski definition) is 1. The zero-order valence-corrected chi connectivity index (χ0v) is 20.9. The Morgan fingerprint density at radius 1 is 1.15 bits per heavy atom. The molecular weight excluding hydrogens is 418 g/mol. The third-order valence-corrected chi connectivity index (χ3v) is 5.18. The fraction of sp³-hybridized carbons (Fsp3) is 0.500. The number of hydrogen-bond acceptors (Lipinski definition) is 6. The number of nitrogens with one attached hydrogen (secondary N) is 1. The molecule has 0 amide bonds. The van der Waals surface area contributed by atoms with Gasteiger partial charge in [0.05, 0.1) is 12.3 Å². The van der Waals surface area contributed by atoms with Gasteiger partial charge in [-0.05, 0) is 48.8 Å². The van der Waals surface area contributed by atoms with Crippen LogP contribution in [0.4, 0.5) is 4.79 Å². The smallest absolute Gasteiger partial charge is 0.454 e. The molecule has 2 rings (SSSR count). The molecule has 0 aliphatic rings. The van der Waals surface area contributed by atoms with E-state index >= 15 is 0 Å². The number of ether oxygens (including phenoxy) is 3. The predicted molar refractivity (Wildman–Crippen MR) is 131 cm³/mol. The summed E-state index contributed by atoms with van der Waals surface area (Å²) in [6, 6.07) is 9.96. The number of benzene rings is 1. The van der Waals surface area contributed by atoms with Gasteiger partial charge in [0.15, 0.2) is 5.76 Å². The van der Waals surface area contributed by atoms with E-state index in [1.807, 2.05) is 32.0 Å². The van der Waals surface area contributed by atoms with E-state index in [0.29, 0.717) is 36.1 Å². The molecule has 0 aliphatic carbocycles. The minimum absolute atomic E-state index is 0.0220. The second-order valence-electron chi connectivity index (χ2n) is 9.39. The van der Waals surface area contributed by atoms with Gasteiger partial charge in [-0.1, -0.05) is 58.9 Å². The van der Waals surface area contributed by atoms with E-state index in [2.05, 4.69) is 51.9 Å². The SMILES string of the molecule is CCn1nc(C)cc1/C(OCOC(=O)OCCC(C)C)=C(\C=N)c1ccc(C(C)(C)C)cc1. The molecule has 0 saturated carbocycles. The summed E-state index contributed by atoms with van der Waals surface area (Å²) in [6.45, 7) is 15.1. The first-order valence-electron chi connectivity index (χ1n) is 11.4. The molecule has 1 N–H and O–H groups in total. The summed E-state index contributed by atoms with van der Waals surface area (Å²) in [6.07, 6.45) is 1.24. The zero-order chi connectivity index (χ0) is 24.6. The highest BCUT2D eigenvalue weighted by Gasteiger charge is 2.19. The van der Waals surface area contributed by atoms with Gasteiger partial charge in [0.25, 0.3) is 0 Å². The molecule has 0 bridgehead atoms. The molecular formula is C26H37N3O4. The van der Waals surface area contributed by atoms with E-state index in [9.17, 15) is 4.79 Å². The van der Waals surface area contributed by atoms with Crippen molar-refractivity contribution in [3.63, 3.8) is 0 Å².